The molecule has 0 aliphatic carbocycles. The van der Waals surface area contributed by atoms with Crippen molar-refractivity contribution in [2.75, 3.05) is 12.0 Å². The first-order chi connectivity index (χ1) is 19.6. The first-order valence-electron chi connectivity index (χ1n) is 13.5. The third-order valence-electron chi connectivity index (χ3n) is 7.15. The second kappa shape index (κ2) is 11.5. The fraction of sp³-hybridized carbons (Fsp3) is 0.379. The van der Waals surface area contributed by atoms with Crippen molar-refractivity contribution in [3.8, 4) is 28.3 Å². The van der Waals surface area contributed by atoms with E-state index in [9.17, 15) is 9.18 Å². The van der Waals surface area contributed by atoms with Crippen LogP contribution in [0.3, 0.4) is 0 Å². The molecular weight excluding hydrogens is 549 g/mol. The van der Waals surface area contributed by atoms with Crippen LogP contribution in [0.2, 0.25) is 5.15 Å². The highest BCUT2D eigenvalue weighted by Crippen LogP contribution is 2.40. The number of aromatic nitrogens is 5. The van der Waals surface area contributed by atoms with E-state index in [-0.39, 0.29) is 12.6 Å². The number of hydrogen-bond acceptors (Lipinski definition) is 8. The number of nitrogens with one attached hydrogen (secondary N) is 1. The van der Waals surface area contributed by atoms with Crippen molar-refractivity contribution >= 4 is 23.4 Å². The number of rotatable bonds is 6. The number of benzene rings is 1. The maximum absolute atomic E-state index is 14.6. The molecule has 10 nitrogen and oxygen atoms in total. The largest absolute Gasteiger partial charge is 0.482 e. The summed E-state index contributed by atoms with van der Waals surface area (Å²) >= 11 is 6.71. The summed E-state index contributed by atoms with van der Waals surface area (Å²) in [4.78, 5) is 16.9. The first kappa shape index (κ1) is 28.6. The molecule has 0 spiro atoms. The SMILES string of the molecule is CCn1nc(Cl)c2c1-c1cnc(NCOC(=O)[C@@H](N)C(C)C)c(c1)OC(C)c1cc(F)ccc1-c1nn(C)cc1C2. The van der Waals surface area contributed by atoms with Crippen LogP contribution >= 0.6 is 11.6 Å². The normalized spacial score (nSPS) is 15.1. The second-order valence-electron chi connectivity index (χ2n) is 10.4. The Morgan fingerprint density at radius 2 is 2.10 bits per heavy atom. The number of esters is 1. The lowest BCUT2D eigenvalue weighted by atomic mass is 9.94. The van der Waals surface area contributed by atoms with Gasteiger partial charge in [-0.1, -0.05) is 25.4 Å². The lowest BCUT2D eigenvalue weighted by molar-refractivity contribution is -0.145. The molecule has 1 aliphatic rings. The standard InChI is InChI=1S/C29H33ClFN7O3/c1-6-38-26-17-10-23(28(33-12-17)34-14-40-29(39)24(32)15(2)3)41-16(4)21-11-19(31)7-8-20(21)25-18(13-37(5)35-25)9-22(26)27(30)36-38/h7-8,10-13,15-16,24H,6,9,14,32H2,1-5H3,(H,33,34)/t16?,24-/m0/s1. The molecule has 3 N–H and O–H groups in total. The van der Waals surface area contributed by atoms with Crippen LogP contribution in [-0.4, -0.2) is 43.3 Å². The zero-order valence-corrected chi connectivity index (χ0v) is 24.4. The van der Waals surface area contributed by atoms with E-state index in [0.717, 1.165) is 27.9 Å². The summed E-state index contributed by atoms with van der Waals surface area (Å²) < 4.78 is 29.9. The lowest BCUT2D eigenvalue weighted by Gasteiger charge is -2.22. The third kappa shape index (κ3) is 5.64. The van der Waals surface area contributed by atoms with Gasteiger partial charge in [-0.2, -0.15) is 10.2 Å². The van der Waals surface area contributed by atoms with Crippen molar-refractivity contribution in [2.45, 2.75) is 52.8 Å². The summed E-state index contributed by atoms with van der Waals surface area (Å²) in [6.45, 7) is 7.93. The van der Waals surface area contributed by atoms with Crippen molar-refractivity contribution in [1.29, 1.82) is 0 Å². The molecule has 2 atom stereocenters. The van der Waals surface area contributed by atoms with Crippen LogP contribution in [-0.2, 0) is 29.5 Å². The lowest BCUT2D eigenvalue weighted by Crippen LogP contribution is -2.37. The number of nitrogens with two attached hydrogens (primary N) is 1. The number of aryl methyl sites for hydroxylation is 2. The maximum atomic E-state index is 14.6. The summed E-state index contributed by atoms with van der Waals surface area (Å²) in [7, 11) is 1.85. The highest BCUT2D eigenvalue weighted by atomic mass is 35.5. The van der Waals surface area contributed by atoms with Crippen molar-refractivity contribution in [3.05, 3.63) is 64.3 Å². The summed E-state index contributed by atoms with van der Waals surface area (Å²) in [6, 6.07) is 5.67. The molecule has 5 rings (SSSR count). The molecule has 41 heavy (non-hydrogen) atoms. The van der Waals surface area contributed by atoms with E-state index >= 15 is 0 Å². The molecule has 4 heterocycles. The molecule has 1 aliphatic heterocycles. The molecule has 4 aromatic rings. The van der Waals surface area contributed by atoms with Gasteiger partial charge in [-0.15, -0.1) is 0 Å². The van der Waals surface area contributed by atoms with E-state index in [0.29, 0.717) is 40.9 Å². The summed E-state index contributed by atoms with van der Waals surface area (Å²) in [5.41, 5.74) is 11.2. The topological polar surface area (TPSA) is 122 Å². The van der Waals surface area contributed by atoms with Gasteiger partial charge in [0.05, 0.1) is 11.4 Å². The smallest absolute Gasteiger partial charge is 0.324 e. The van der Waals surface area contributed by atoms with Gasteiger partial charge in [-0.3, -0.25) is 14.2 Å². The summed E-state index contributed by atoms with van der Waals surface area (Å²) in [5, 5.41) is 12.7. The Kier molecular flexibility index (Phi) is 8.01. The molecule has 12 heteroatoms. The zero-order valence-electron chi connectivity index (χ0n) is 23.6. The summed E-state index contributed by atoms with van der Waals surface area (Å²) in [6.07, 6.45) is 3.48. The van der Waals surface area contributed by atoms with E-state index in [1.165, 1.54) is 12.1 Å². The molecule has 0 amide bonds. The third-order valence-corrected chi connectivity index (χ3v) is 7.46. The van der Waals surface area contributed by atoms with Crippen molar-refractivity contribution in [3.63, 3.8) is 0 Å². The monoisotopic (exact) mass is 581 g/mol. The maximum Gasteiger partial charge on any atom is 0.324 e. The Balaban J connectivity index is 1.63. The first-order valence-corrected chi connectivity index (χ1v) is 13.9. The molecule has 0 radical (unpaired) electrons. The number of ether oxygens (including phenoxy) is 2. The van der Waals surface area contributed by atoms with E-state index in [4.69, 9.17) is 31.9 Å². The molecular formula is C29H33ClFN7O3. The van der Waals surface area contributed by atoms with Crippen LogP contribution in [0.5, 0.6) is 5.75 Å². The van der Waals surface area contributed by atoms with Gasteiger partial charge >= 0.3 is 5.97 Å². The Hall–Kier alpha value is -3.96. The molecule has 3 aromatic heterocycles. The fourth-order valence-corrected chi connectivity index (χ4v) is 5.19. The van der Waals surface area contributed by atoms with Gasteiger partial charge in [0, 0.05) is 60.2 Å². The molecule has 0 saturated heterocycles. The van der Waals surface area contributed by atoms with Crippen LogP contribution in [0.15, 0.2) is 36.7 Å². The molecule has 0 fully saturated rings. The Morgan fingerprint density at radius 1 is 1.32 bits per heavy atom. The number of pyridine rings is 1. The molecule has 216 valence electrons. The molecule has 1 aromatic carbocycles. The minimum Gasteiger partial charge on any atom is -0.482 e. The minimum absolute atomic E-state index is 0.0669. The van der Waals surface area contributed by atoms with E-state index in [1.807, 2.05) is 51.7 Å². The quantitative estimate of drug-likeness (QED) is 0.238. The Labute approximate surface area is 242 Å². The predicted octanol–water partition coefficient (Wildman–Crippen LogP) is 5.10. The van der Waals surface area contributed by atoms with Gasteiger partial charge in [0.1, 0.15) is 18.0 Å². The van der Waals surface area contributed by atoms with Gasteiger partial charge in [-0.25, -0.2) is 9.37 Å². The van der Waals surface area contributed by atoms with E-state index in [1.54, 1.807) is 16.9 Å². The van der Waals surface area contributed by atoms with Crippen LogP contribution in [0.25, 0.3) is 22.5 Å². The zero-order chi connectivity index (χ0) is 29.4. The van der Waals surface area contributed by atoms with E-state index in [2.05, 4.69) is 15.4 Å². The molecule has 1 unspecified atom stereocenters. The fourth-order valence-electron chi connectivity index (χ4n) is 4.94. The highest BCUT2D eigenvalue weighted by Gasteiger charge is 2.26. The van der Waals surface area contributed by atoms with Crippen LogP contribution in [0.4, 0.5) is 10.2 Å². The number of carbonyl (C=O) groups excluding carboxylic acids is 1. The van der Waals surface area contributed by atoms with E-state index < -0.39 is 23.9 Å². The van der Waals surface area contributed by atoms with Gasteiger partial charge in [0.25, 0.3) is 0 Å². The van der Waals surface area contributed by atoms with Gasteiger partial charge in [-0.05, 0) is 44.0 Å². The molecule has 2 bridgehead atoms. The van der Waals surface area contributed by atoms with Crippen LogP contribution < -0.4 is 15.8 Å². The second-order valence-corrected chi connectivity index (χ2v) is 10.8. The number of hydrogen-bond donors (Lipinski definition) is 2. The highest BCUT2D eigenvalue weighted by molar-refractivity contribution is 6.30. The Bertz CT molecular complexity index is 1600. The van der Waals surface area contributed by atoms with Gasteiger partial charge < -0.3 is 20.5 Å². The minimum atomic E-state index is -0.742. The van der Waals surface area contributed by atoms with Crippen LogP contribution in [0, 0.1) is 11.7 Å². The van der Waals surface area contributed by atoms with Gasteiger partial charge in [0.2, 0.25) is 0 Å². The number of halogens is 2. The van der Waals surface area contributed by atoms with Crippen LogP contribution in [0.1, 0.15) is 50.5 Å². The average molecular weight is 582 g/mol. The van der Waals surface area contributed by atoms with Crippen molar-refractivity contribution in [2.24, 2.45) is 18.7 Å². The Morgan fingerprint density at radius 3 is 2.83 bits per heavy atom. The average Bonchev–Trinajstić information content (AvgIpc) is 3.46. The number of nitrogens with zero attached hydrogens (tertiary/aromatic N) is 5. The predicted molar refractivity (Wildman–Crippen MR) is 154 cm³/mol. The number of carbonyl (C=O) groups is 1. The number of fused-ring (bicyclic) bond motifs is 7. The summed E-state index contributed by atoms with van der Waals surface area (Å²) in [5.74, 6) is -0.263. The molecule has 0 saturated carbocycles. The number of anilines is 1. The van der Waals surface area contributed by atoms with Crippen molar-refractivity contribution < 1.29 is 18.7 Å². The van der Waals surface area contributed by atoms with Gasteiger partial charge in [0.15, 0.2) is 23.5 Å². The van der Waals surface area contributed by atoms with Crippen molar-refractivity contribution in [1.82, 2.24) is 24.5 Å².